The Morgan fingerprint density at radius 3 is 1.59 bits per heavy atom. The summed E-state index contributed by atoms with van der Waals surface area (Å²) in [5.74, 6) is 0. The lowest BCUT2D eigenvalue weighted by atomic mass is 10.0. The second-order valence-corrected chi connectivity index (χ2v) is 8.24. The van der Waals surface area contributed by atoms with Gasteiger partial charge in [0.1, 0.15) is 0 Å². The summed E-state index contributed by atoms with van der Waals surface area (Å²) in [5, 5.41) is 2.94. The first-order valence-electron chi connectivity index (χ1n) is 10.8. The molecule has 0 bridgehead atoms. The molecule has 0 saturated heterocycles. The molecule has 0 unspecified atom stereocenters. The van der Waals surface area contributed by atoms with Crippen LogP contribution in [0, 0.1) is 0 Å². The number of rotatable bonds is 2. The first-order valence-corrected chi connectivity index (χ1v) is 10.8. The van der Waals surface area contributed by atoms with Gasteiger partial charge in [-0.25, -0.2) is 0 Å². The highest BCUT2D eigenvalue weighted by Gasteiger charge is 2.20. The van der Waals surface area contributed by atoms with Crippen molar-refractivity contribution in [3.63, 3.8) is 0 Å². The summed E-state index contributed by atoms with van der Waals surface area (Å²) >= 11 is 0. The van der Waals surface area contributed by atoms with Crippen molar-refractivity contribution in [1.29, 1.82) is 0 Å². The number of para-hydroxylation sites is 1. The van der Waals surface area contributed by atoms with Gasteiger partial charge in [-0.05, 0) is 23.3 Å². The molecule has 3 heteroatoms. The molecule has 4 aromatic carbocycles. The number of nitrogens with zero attached hydrogens (tertiary/aromatic N) is 2. The van der Waals surface area contributed by atoms with Crippen molar-refractivity contribution < 1.29 is 0 Å². The normalized spacial score (nSPS) is 11.9. The Hall–Kier alpha value is -4.37. The average Bonchev–Trinajstić information content (AvgIpc) is 3.41. The number of hydrogen-bond donors (Lipinski definition) is 0. The lowest BCUT2D eigenvalue weighted by Crippen LogP contribution is -2.08. The molecule has 3 heterocycles. The van der Waals surface area contributed by atoms with Crippen molar-refractivity contribution >= 4 is 32.7 Å². The molecule has 0 aliphatic rings. The molecule has 150 valence electrons. The van der Waals surface area contributed by atoms with Crippen molar-refractivity contribution in [1.82, 2.24) is 8.80 Å². The van der Waals surface area contributed by atoms with E-state index in [-0.39, 0.29) is 5.56 Å². The summed E-state index contributed by atoms with van der Waals surface area (Å²) in [5.41, 5.74) is 7.48. The molecule has 0 amide bonds. The number of fused-ring (bicyclic) bond motifs is 2. The summed E-state index contributed by atoms with van der Waals surface area (Å²) in [7, 11) is 0. The molecule has 3 nitrogen and oxygen atoms in total. The van der Waals surface area contributed by atoms with Gasteiger partial charge in [-0.3, -0.25) is 9.20 Å². The SMILES string of the molecule is O=c1c2ccccc2n2cc(-c3ccccc3)c3ccc4c(-c5ccccc5)cn1c4c32. The Labute approximate surface area is 183 Å². The second kappa shape index (κ2) is 6.32. The summed E-state index contributed by atoms with van der Waals surface area (Å²) in [6.45, 7) is 0. The third-order valence-electron chi connectivity index (χ3n) is 6.51. The minimum atomic E-state index is 0.00485. The highest BCUT2D eigenvalue weighted by molar-refractivity contribution is 6.15. The third-order valence-corrected chi connectivity index (χ3v) is 6.51. The highest BCUT2D eigenvalue weighted by Crippen LogP contribution is 2.39. The third kappa shape index (κ3) is 2.22. The lowest BCUT2D eigenvalue weighted by molar-refractivity contribution is 1.16. The van der Waals surface area contributed by atoms with Gasteiger partial charge < -0.3 is 4.40 Å². The van der Waals surface area contributed by atoms with Crippen LogP contribution >= 0.6 is 0 Å². The topological polar surface area (TPSA) is 25.9 Å². The van der Waals surface area contributed by atoms with E-state index in [9.17, 15) is 4.79 Å². The van der Waals surface area contributed by atoms with Gasteiger partial charge in [0, 0.05) is 34.3 Å². The van der Waals surface area contributed by atoms with Crippen LogP contribution in [-0.2, 0) is 0 Å². The predicted octanol–water partition coefficient (Wildman–Crippen LogP) is 6.63. The van der Waals surface area contributed by atoms with Gasteiger partial charge in [-0.15, -0.1) is 0 Å². The lowest BCUT2D eigenvalue weighted by Gasteiger charge is -2.02. The van der Waals surface area contributed by atoms with Crippen LogP contribution in [0.4, 0.5) is 0 Å². The minimum absolute atomic E-state index is 0.00485. The molecule has 0 aliphatic carbocycles. The molecule has 0 aliphatic heterocycles. The number of hydrogen-bond acceptors (Lipinski definition) is 1. The molecule has 0 spiro atoms. The zero-order chi connectivity index (χ0) is 21.2. The molecule has 0 N–H and O–H groups in total. The molecule has 0 saturated carbocycles. The van der Waals surface area contributed by atoms with Crippen molar-refractivity contribution in [3.8, 4) is 22.3 Å². The van der Waals surface area contributed by atoms with Gasteiger partial charge in [-0.2, -0.15) is 0 Å². The molecule has 7 aromatic rings. The van der Waals surface area contributed by atoms with Crippen LogP contribution in [0.15, 0.2) is 114 Å². The van der Waals surface area contributed by atoms with E-state index in [1.807, 2.05) is 59.1 Å². The molecular formula is C29H18N2O. The highest BCUT2D eigenvalue weighted by atomic mass is 16.1. The van der Waals surface area contributed by atoms with E-state index >= 15 is 0 Å². The molecule has 0 radical (unpaired) electrons. The van der Waals surface area contributed by atoms with Gasteiger partial charge in [0.05, 0.1) is 21.9 Å². The average molecular weight is 410 g/mol. The van der Waals surface area contributed by atoms with Gasteiger partial charge in [0.25, 0.3) is 5.56 Å². The molecule has 32 heavy (non-hydrogen) atoms. The monoisotopic (exact) mass is 410 g/mol. The summed E-state index contributed by atoms with van der Waals surface area (Å²) in [6.07, 6.45) is 4.18. The van der Waals surface area contributed by atoms with E-state index in [1.165, 1.54) is 11.1 Å². The van der Waals surface area contributed by atoms with Crippen LogP contribution in [0.25, 0.3) is 55.0 Å². The maximum atomic E-state index is 13.7. The predicted molar refractivity (Wildman–Crippen MR) is 132 cm³/mol. The van der Waals surface area contributed by atoms with E-state index in [0.717, 1.165) is 38.4 Å². The molecule has 7 rings (SSSR count). The van der Waals surface area contributed by atoms with Gasteiger partial charge in [0.2, 0.25) is 0 Å². The van der Waals surface area contributed by atoms with Crippen molar-refractivity contribution in [2.75, 3.05) is 0 Å². The quantitative estimate of drug-likeness (QED) is 0.314. The first-order chi connectivity index (χ1) is 15.8. The van der Waals surface area contributed by atoms with Crippen LogP contribution in [-0.4, -0.2) is 8.80 Å². The van der Waals surface area contributed by atoms with Crippen molar-refractivity contribution in [2.45, 2.75) is 0 Å². The molecular weight excluding hydrogens is 392 g/mol. The summed E-state index contributed by atoms with van der Waals surface area (Å²) in [6, 6.07) is 33.0. The molecule has 3 aromatic heterocycles. The van der Waals surface area contributed by atoms with Crippen LogP contribution in [0.2, 0.25) is 0 Å². The largest absolute Gasteiger partial charge is 0.313 e. The van der Waals surface area contributed by atoms with Gasteiger partial charge >= 0.3 is 0 Å². The Morgan fingerprint density at radius 1 is 0.469 bits per heavy atom. The molecule has 0 fully saturated rings. The Balaban J connectivity index is 1.77. The van der Waals surface area contributed by atoms with Crippen molar-refractivity contribution in [3.05, 3.63) is 120 Å². The number of benzene rings is 4. The number of aromatic nitrogens is 2. The maximum absolute atomic E-state index is 13.7. The van der Waals surface area contributed by atoms with Crippen LogP contribution < -0.4 is 5.56 Å². The maximum Gasteiger partial charge on any atom is 0.264 e. The fourth-order valence-electron chi connectivity index (χ4n) is 5.07. The Bertz CT molecular complexity index is 1830. The van der Waals surface area contributed by atoms with E-state index in [1.54, 1.807) is 0 Å². The standard InChI is InChI=1S/C29H18N2O/c32-29-23-13-7-8-14-26(23)30-17-24(19-9-3-1-4-10-19)21-15-16-22-25(20-11-5-2-6-12-20)18-31(29)28(22)27(21)30/h1-18H. The van der Waals surface area contributed by atoms with Crippen molar-refractivity contribution in [2.24, 2.45) is 0 Å². The Morgan fingerprint density at radius 2 is 0.969 bits per heavy atom. The van der Waals surface area contributed by atoms with E-state index in [4.69, 9.17) is 0 Å². The van der Waals surface area contributed by atoms with Gasteiger partial charge in [-0.1, -0.05) is 84.9 Å². The zero-order valence-electron chi connectivity index (χ0n) is 17.2. The second-order valence-electron chi connectivity index (χ2n) is 8.24. The Kier molecular flexibility index (Phi) is 3.42. The van der Waals surface area contributed by atoms with E-state index < -0.39 is 0 Å². The minimum Gasteiger partial charge on any atom is -0.313 e. The van der Waals surface area contributed by atoms with Gasteiger partial charge in [0.15, 0.2) is 0 Å². The first kappa shape index (κ1) is 17.3. The van der Waals surface area contributed by atoms with E-state index in [0.29, 0.717) is 5.39 Å². The van der Waals surface area contributed by atoms with Crippen LogP contribution in [0.5, 0.6) is 0 Å². The molecule has 0 atom stereocenters. The fraction of sp³-hybridized carbons (Fsp3) is 0. The summed E-state index contributed by atoms with van der Waals surface area (Å²) < 4.78 is 4.04. The van der Waals surface area contributed by atoms with Crippen LogP contribution in [0.1, 0.15) is 0 Å². The van der Waals surface area contributed by atoms with Crippen LogP contribution in [0.3, 0.4) is 0 Å². The zero-order valence-corrected chi connectivity index (χ0v) is 17.2. The smallest absolute Gasteiger partial charge is 0.264 e. The van der Waals surface area contributed by atoms with E-state index in [2.05, 4.69) is 59.1 Å². The summed E-state index contributed by atoms with van der Waals surface area (Å²) in [4.78, 5) is 13.7. The fourth-order valence-corrected chi connectivity index (χ4v) is 5.07.